The van der Waals surface area contributed by atoms with E-state index < -0.39 is 0 Å². The summed E-state index contributed by atoms with van der Waals surface area (Å²) in [6.07, 6.45) is 2.23. The number of carbonyl (C=O) groups is 1. The second-order valence-corrected chi connectivity index (χ2v) is 4.74. The quantitative estimate of drug-likeness (QED) is 0.758. The Kier molecular flexibility index (Phi) is 3.67. The second-order valence-electron chi connectivity index (χ2n) is 4.47. The first-order valence-corrected chi connectivity index (χ1v) is 6.24. The van der Waals surface area contributed by atoms with Crippen LogP contribution in [-0.4, -0.2) is 23.7 Å². The van der Waals surface area contributed by atoms with E-state index in [4.69, 9.17) is 11.6 Å². The number of rotatable bonds is 4. The largest absolute Gasteiger partial charge is 0.337 e. The average Bonchev–Trinajstić information content (AvgIpc) is 3.15. The number of hydrogen-bond donors (Lipinski definition) is 0. The number of carbonyl (C=O) groups excluding carboxylic acids is 1. The Balaban J connectivity index is 2.22. The molecule has 1 atom stereocenters. The van der Waals surface area contributed by atoms with Crippen LogP contribution < -0.4 is 0 Å². The van der Waals surface area contributed by atoms with Crippen LogP contribution in [0.2, 0.25) is 0 Å². The Bertz CT molecular complexity index is 402. The highest BCUT2D eigenvalue weighted by Crippen LogP contribution is 2.44. The summed E-state index contributed by atoms with van der Waals surface area (Å²) in [5.41, 5.74) is 0.981. The molecule has 1 aromatic carbocycles. The van der Waals surface area contributed by atoms with E-state index in [9.17, 15) is 9.18 Å². The van der Waals surface area contributed by atoms with E-state index in [1.807, 2.05) is 0 Å². The number of alkyl halides is 1. The van der Waals surface area contributed by atoms with Crippen molar-refractivity contribution in [2.24, 2.45) is 5.92 Å². The smallest absolute Gasteiger partial charge is 0.237 e. The Labute approximate surface area is 105 Å². The number of hydrogen-bond acceptors (Lipinski definition) is 1. The molecular formula is C13H15ClFNO. The number of halogens is 2. The van der Waals surface area contributed by atoms with Gasteiger partial charge in [0.15, 0.2) is 0 Å². The van der Waals surface area contributed by atoms with Gasteiger partial charge in [-0.1, -0.05) is 12.1 Å². The van der Waals surface area contributed by atoms with Crippen LogP contribution >= 0.6 is 11.6 Å². The lowest BCUT2D eigenvalue weighted by Gasteiger charge is -2.28. The highest BCUT2D eigenvalue weighted by atomic mass is 35.5. The Morgan fingerprint density at radius 1 is 1.47 bits per heavy atom. The first-order valence-electron chi connectivity index (χ1n) is 5.70. The minimum Gasteiger partial charge on any atom is -0.337 e. The predicted octanol–water partition coefficient (Wildman–Crippen LogP) is 2.97. The molecule has 0 bridgehead atoms. The number of amides is 1. The molecule has 1 aromatic rings. The van der Waals surface area contributed by atoms with Gasteiger partial charge in [-0.2, -0.15) is 0 Å². The highest BCUT2D eigenvalue weighted by molar-refractivity contribution is 6.27. The minimum absolute atomic E-state index is 0.0130. The third kappa shape index (κ3) is 2.78. The molecule has 0 saturated heterocycles. The Morgan fingerprint density at radius 2 is 2.06 bits per heavy atom. The van der Waals surface area contributed by atoms with Crippen LogP contribution in [0.5, 0.6) is 0 Å². The van der Waals surface area contributed by atoms with Crippen LogP contribution in [0, 0.1) is 11.7 Å². The van der Waals surface area contributed by atoms with E-state index in [-0.39, 0.29) is 23.6 Å². The van der Waals surface area contributed by atoms with Gasteiger partial charge in [-0.3, -0.25) is 4.79 Å². The average molecular weight is 256 g/mol. The van der Waals surface area contributed by atoms with E-state index in [2.05, 4.69) is 0 Å². The molecule has 1 saturated carbocycles. The molecule has 2 nitrogen and oxygen atoms in total. The summed E-state index contributed by atoms with van der Waals surface area (Å²) in [4.78, 5) is 13.3. The number of nitrogens with zero attached hydrogens (tertiary/aromatic N) is 1. The second kappa shape index (κ2) is 5.05. The lowest BCUT2D eigenvalue weighted by atomic mass is 10.0. The summed E-state index contributed by atoms with van der Waals surface area (Å²) in [6, 6.07) is 6.39. The highest BCUT2D eigenvalue weighted by Gasteiger charge is 2.36. The molecule has 0 aliphatic heterocycles. The van der Waals surface area contributed by atoms with Crippen LogP contribution in [0.1, 0.15) is 24.4 Å². The van der Waals surface area contributed by atoms with Gasteiger partial charge >= 0.3 is 0 Å². The summed E-state index contributed by atoms with van der Waals surface area (Å²) in [6.45, 7) is 0. The zero-order valence-electron chi connectivity index (χ0n) is 9.70. The van der Waals surface area contributed by atoms with Crippen molar-refractivity contribution >= 4 is 17.5 Å². The molecule has 0 spiro atoms. The van der Waals surface area contributed by atoms with Gasteiger partial charge in [-0.05, 0) is 36.5 Å². The van der Waals surface area contributed by atoms with Gasteiger partial charge in [0.25, 0.3) is 0 Å². The fourth-order valence-electron chi connectivity index (χ4n) is 2.13. The zero-order valence-corrected chi connectivity index (χ0v) is 10.5. The Hall–Kier alpha value is -1.09. The fourth-order valence-corrected chi connectivity index (χ4v) is 2.32. The van der Waals surface area contributed by atoms with Crippen molar-refractivity contribution in [2.75, 3.05) is 12.9 Å². The molecule has 92 valence electrons. The van der Waals surface area contributed by atoms with Gasteiger partial charge in [-0.25, -0.2) is 4.39 Å². The van der Waals surface area contributed by atoms with Crippen LogP contribution in [0.15, 0.2) is 24.3 Å². The molecule has 0 radical (unpaired) electrons. The van der Waals surface area contributed by atoms with Gasteiger partial charge < -0.3 is 4.90 Å². The maximum absolute atomic E-state index is 12.9. The standard InChI is InChI=1S/C13H15ClFNO/c1-16(12(17)8-14)13(9-2-3-9)10-4-6-11(15)7-5-10/h4-7,9,13H,2-3,8H2,1H3. The molecule has 1 unspecified atom stereocenters. The predicted molar refractivity (Wildman–Crippen MR) is 65.4 cm³/mol. The van der Waals surface area contributed by atoms with E-state index in [0.717, 1.165) is 18.4 Å². The van der Waals surface area contributed by atoms with Gasteiger partial charge in [0.2, 0.25) is 5.91 Å². The molecule has 1 fully saturated rings. The molecular weight excluding hydrogens is 241 g/mol. The van der Waals surface area contributed by atoms with E-state index >= 15 is 0 Å². The lowest BCUT2D eigenvalue weighted by molar-refractivity contribution is -0.129. The lowest BCUT2D eigenvalue weighted by Crippen LogP contribution is -2.33. The van der Waals surface area contributed by atoms with Crippen molar-refractivity contribution in [3.8, 4) is 0 Å². The van der Waals surface area contributed by atoms with E-state index in [1.54, 1.807) is 24.1 Å². The summed E-state index contributed by atoms with van der Waals surface area (Å²) in [7, 11) is 1.76. The van der Waals surface area contributed by atoms with Gasteiger partial charge in [0, 0.05) is 7.05 Å². The third-order valence-corrected chi connectivity index (χ3v) is 3.43. The first-order chi connectivity index (χ1) is 8.13. The van der Waals surface area contributed by atoms with Crippen LogP contribution in [0.3, 0.4) is 0 Å². The molecule has 17 heavy (non-hydrogen) atoms. The topological polar surface area (TPSA) is 20.3 Å². The first kappa shape index (κ1) is 12.4. The zero-order chi connectivity index (χ0) is 12.4. The van der Waals surface area contributed by atoms with Crippen molar-refractivity contribution in [1.82, 2.24) is 4.90 Å². The van der Waals surface area contributed by atoms with Gasteiger partial charge in [0.1, 0.15) is 11.7 Å². The molecule has 0 heterocycles. The molecule has 1 aliphatic carbocycles. The summed E-state index contributed by atoms with van der Waals surface area (Å²) >= 11 is 5.58. The SMILES string of the molecule is CN(C(=O)CCl)C(c1ccc(F)cc1)C1CC1. The van der Waals surface area contributed by atoms with Crippen LogP contribution in [0.4, 0.5) is 4.39 Å². The van der Waals surface area contributed by atoms with Crippen molar-refractivity contribution in [1.29, 1.82) is 0 Å². The van der Waals surface area contributed by atoms with E-state index in [1.165, 1.54) is 12.1 Å². The number of benzene rings is 1. The molecule has 2 rings (SSSR count). The van der Waals surface area contributed by atoms with Crippen molar-refractivity contribution in [3.63, 3.8) is 0 Å². The normalized spacial score (nSPS) is 16.6. The summed E-state index contributed by atoms with van der Waals surface area (Å²) in [5, 5.41) is 0. The van der Waals surface area contributed by atoms with Crippen molar-refractivity contribution in [2.45, 2.75) is 18.9 Å². The van der Waals surface area contributed by atoms with Gasteiger partial charge in [0.05, 0.1) is 6.04 Å². The van der Waals surface area contributed by atoms with Crippen molar-refractivity contribution < 1.29 is 9.18 Å². The van der Waals surface area contributed by atoms with Gasteiger partial charge in [-0.15, -0.1) is 11.6 Å². The fraction of sp³-hybridized carbons (Fsp3) is 0.462. The summed E-state index contributed by atoms with van der Waals surface area (Å²) in [5.74, 6) is 0.126. The third-order valence-electron chi connectivity index (χ3n) is 3.21. The van der Waals surface area contributed by atoms with Crippen LogP contribution in [-0.2, 0) is 4.79 Å². The van der Waals surface area contributed by atoms with Crippen LogP contribution in [0.25, 0.3) is 0 Å². The molecule has 4 heteroatoms. The molecule has 1 aliphatic rings. The monoisotopic (exact) mass is 255 g/mol. The summed E-state index contributed by atoms with van der Waals surface area (Å²) < 4.78 is 12.9. The molecule has 0 N–H and O–H groups in total. The van der Waals surface area contributed by atoms with E-state index in [0.29, 0.717) is 5.92 Å². The molecule has 0 aromatic heterocycles. The molecule has 1 amide bonds. The Morgan fingerprint density at radius 3 is 2.53 bits per heavy atom. The maximum Gasteiger partial charge on any atom is 0.237 e. The minimum atomic E-state index is -0.255. The maximum atomic E-state index is 12.9. The van der Waals surface area contributed by atoms with Crippen molar-refractivity contribution in [3.05, 3.63) is 35.6 Å².